The molecule has 0 fully saturated rings. The molecule has 0 unspecified atom stereocenters. The molecule has 1 rings (SSSR count). The molecule has 0 aliphatic heterocycles. The Hall–Kier alpha value is -0.840. The number of furan rings is 1. The van der Waals surface area contributed by atoms with Crippen LogP contribution in [0.3, 0.4) is 0 Å². The third-order valence-electron chi connectivity index (χ3n) is 3.08. The minimum absolute atomic E-state index is 0.121. The lowest BCUT2D eigenvalue weighted by Crippen LogP contribution is -2.34. The molecule has 1 N–H and O–H groups in total. The molecule has 20 heavy (non-hydrogen) atoms. The van der Waals surface area contributed by atoms with Crippen LogP contribution in [0.1, 0.15) is 38.7 Å². The highest BCUT2D eigenvalue weighted by Gasteiger charge is 2.11. The molecule has 1 aromatic heterocycles. The maximum absolute atomic E-state index is 5.86. The molecule has 0 aliphatic carbocycles. The van der Waals surface area contributed by atoms with Gasteiger partial charge in [0.05, 0.1) is 13.1 Å². The second-order valence-electron chi connectivity index (χ2n) is 6.87. The van der Waals surface area contributed by atoms with E-state index in [2.05, 4.69) is 69.2 Å². The Morgan fingerprint density at radius 1 is 1.05 bits per heavy atom. The van der Waals surface area contributed by atoms with Crippen LogP contribution >= 0.6 is 0 Å². The molecule has 4 nitrogen and oxygen atoms in total. The molecule has 1 heterocycles. The fraction of sp³-hybridized carbons (Fsp3) is 0.750. The summed E-state index contributed by atoms with van der Waals surface area (Å²) in [7, 11) is 6.37. The van der Waals surface area contributed by atoms with Crippen molar-refractivity contribution in [2.24, 2.45) is 0 Å². The van der Waals surface area contributed by atoms with E-state index in [1.165, 1.54) is 6.42 Å². The highest BCUT2D eigenvalue weighted by molar-refractivity contribution is 5.07. The Kier molecular flexibility index (Phi) is 6.72. The maximum atomic E-state index is 5.86. The predicted octanol–water partition coefficient (Wildman–Crippen LogP) is 2.55. The molecule has 0 amide bonds. The van der Waals surface area contributed by atoms with Crippen molar-refractivity contribution in [3.63, 3.8) is 0 Å². The summed E-state index contributed by atoms with van der Waals surface area (Å²) in [4.78, 5) is 4.53. The van der Waals surface area contributed by atoms with Gasteiger partial charge in [0.1, 0.15) is 11.5 Å². The standard InChI is InChI=1S/C16H31N3O/c1-16(2,3)17-12-14-8-9-15(20-14)13-19(6)11-7-10-18(4)5/h8-9,17H,7,10-13H2,1-6H3. The van der Waals surface area contributed by atoms with Gasteiger partial charge in [0, 0.05) is 5.54 Å². The summed E-state index contributed by atoms with van der Waals surface area (Å²) in [5, 5.41) is 3.44. The first-order valence-corrected chi connectivity index (χ1v) is 7.42. The Morgan fingerprint density at radius 2 is 1.70 bits per heavy atom. The molecular formula is C16H31N3O. The molecule has 116 valence electrons. The predicted molar refractivity (Wildman–Crippen MR) is 84.8 cm³/mol. The molecule has 1 aromatic rings. The van der Waals surface area contributed by atoms with Crippen LogP contribution in [0.25, 0.3) is 0 Å². The van der Waals surface area contributed by atoms with Gasteiger partial charge in [-0.2, -0.15) is 0 Å². The highest BCUT2D eigenvalue weighted by atomic mass is 16.3. The molecule has 0 saturated heterocycles. The van der Waals surface area contributed by atoms with E-state index in [0.717, 1.165) is 37.7 Å². The first kappa shape index (κ1) is 17.2. The van der Waals surface area contributed by atoms with E-state index in [9.17, 15) is 0 Å². The largest absolute Gasteiger partial charge is 0.463 e. The van der Waals surface area contributed by atoms with Crippen molar-refractivity contribution in [1.82, 2.24) is 15.1 Å². The third-order valence-corrected chi connectivity index (χ3v) is 3.08. The Balaban J connectivity index is 2.32. The minimum Gasteiger partial charge on any atom is -0.463 e. The fourth-order valence-electron chi connectivity index (χ4n) is 1.96. The lowest BCUT2D eigenvalue weighted by atomic mass is 10.1. The van der Waals surface area contributed by atoms with E-state index in [0.29, 0.717) is 0 Å². The number of hydrogen-bond donors (Lipinski definition) is 1. The smallest absolute Gasteiger partial charge is 0.118 e. The molecule has 0 spiro atoms. The molecule has 0 aromatic carbocycles. The van der Waals surface area contributed by atoms with Gasteiger partial charge in [-0.25, -0.2) is 0 Å². The van der Waals surface area contributed by atoms with Gasteiger partial charge in [-0.05, 0) is 73.6 Å². The number of hydrogen-bond acceptors (Lipinski definition) is 4. The summed E-state index contributed by atoms with van der Waals surface area (Å²) in [6.45, 7) is 10.4. The van der Waals surface area contributed by atoms with Crippen molar-refractivity contribution in [1.29, 1.82) is 0 Å². The summed E-state index contributed by atoms with van der Waals surface area (Å²) in [5.74, 6) is 2.06. The van der Waals surface area contributed by atoms with E-state index in [1.54, 1.807) is 0 Å². The van der Waals surface area contributed by atoms with E-state index < -0.39 is 0 Å². The minimum atomic E-state index is 0.121. The van der Waals surface area contributed by atoms with Gasteiger partial charge in [0.25, 0.3) is 0 Å². The van der Waals surface area contributed by atoms with Gasteiger partial charge in [0.15, 0.2) is 0 Å². The summed E-state index contributed by atoms with van der Waals surface area (Å²) in [5.41, 5.74) is 0.121. The van der Waals surface area contributed by atoms with Gasteiger partial charge in [-0.15, -0.1) is 0 Å². The van der Waals surface area contributed by atoms with Crippen LogP contribution in [0.2, 0.25) is 0 Å². The van der Waals surface area contributed by atoms with Crippen LogP contribution in [-0.2, 0) is 13.1 Å². The van der Waals surface area contributed by atoms with E-state index >= 15 is 0 Å². The van der Waals surface area contributed by atoms with E-state index in [4.69, 9.17) is 4.42 Å². The Morgan fingerprint density at radius 3 is 2.30 bits per heavy atom. The normalized spacial score (nSPS) is 12.6. The molecule has 0 bridgehead atoms. The zero-order valence-electron chi connectivity index (χ0n) is 14.0. The van der Waals surface area contributed by atoms with Crippen LogP contribution in [0, 0.1) is 0 Å². The van der Waals surface area contributed by atoms with Crippen LogP contribution in [0.4, 0.5) is 0 Å². The molecule has 0 saturated carbocycles. The van der Waals surface area contributed by atoms with Gasteiger partial charge < -0.3 is 14.6 Å². The van der Waals surface area contributed by atoms with Crippen molar-refractivity contribution in [2.45, 2.75) is 45.8 Å². The van der Waals surface area contributed by atoms with E-state index in [-0.39, 0.29) is 5.54 Å². The first-order valence-electron chi connectivity index (χ1n) is 7.42. The SMILES string of the molecule is CN(C)CCCN(C)Cc1ccc(CNC(C)(C)C)o1. The lowest BCUT2D eigenvalue weighted by molar-refractivity contribution is 0.268. The maximum Gasteiger partial charge on any atom is 0.118 e. The van der Waals surface area contributed by atoms with Crippen molar-refractivity contribution < 1.29 is 4.42 Å². The summed E-state index contributed by atoms with van der Waals surface area (Å²) < 4.78 is 5.86. The van der Waals surface area contributed by atoms with Gasteiger partial charge in [-0.1, -0.05) is 0 Å². The average Bonchev–Trinajstić information content (AvgIpc) is 2.72. The first-order chi connectivity index (χ1) is 9.26. The van der Waals surface area contributed by atoms with Crippen LogP contribution in [0.15, 0.2) is 16.5 Å². The Bertz CT molecular complexity index is 379. The van der Waals surface area contributed by atoms with Crippen molar-refractivity contribution >= 4 is 0 Å². The number of rotatable bonds is 8. The second-order valence-corrected chi connectivity index (χ2v) is 6.87. The summed E-state index contributed by atoms with van der Waals surface area (Å²) in [6, 6.07) is 4.16. The van der Waals surface area contributed by atoms with Gasteiger partial charge in [-0.3, -0.25) is 4.90 Å². The Labute approximate surface area is 124 Å². The number of nitrogens with zero attached hydrogens (tertiary/aromatic N) is 2. The van der Waals surface area contributed by atoms with Crippen LogP contribution in [-0.4, -0.2) is 49.6 Å². The molecule has 0 atom stereocenters. The third kappa shape index (κ3) is 7.68. The average molecular weight is 281 g/mol. The molecule has 0 radical (unpaired) electrons. The topological polar surface area (TPSA) is 31.6 Å². The fourth-order valence-corrected chi connectivity index (χ4v) is 1.96. The monoisotopic (exact) mass is 281 g/mol. The summed E-state index contributed by atoms with van der Waals surface area (Å²) in [6.07, 6.45) is 1.18. The van der Waals surface area contributed by atoms with E-state index in [1.807, 2.05) is 0 Å². The van der Waals surface area contributed by atoms with Crippen molar-refractivity contribution in [2.75, 3.05) is 34.2 Å². The summed E-state index contributed by atoms with van der Waals surface area (Å²) >= 11 is 0. The molecule has 4 heteroatoms. The molecule has 0 aliphatic rings. The van der Waals surface area contributed by atoms with Crippen LogP contribution < -0.4 is 5.32 Å². The van der Waals surface area contributed by atoms with Gasteiger partial charge in [0.2, 0.25) is 0 Å². The van der Waals surface area contributed by atoms with Crippen molar-refractivity contribution in [3.05, 3.63) is 23.7 Å². The second kappa shape index (κ2) is 7.81. The molecular weight excluding hydrogens is 250 g/mol. The van der Waals surface area contributed by atoms with Crippen LogP contribution in [0.5, 0.6) is 0 Å². The van der Waals surface area contributed by atoms with Gasteiger partial charge >= 0.3 is 0 Å². The quantitative estimate of drug-likeness (QED) is 0.793. The number of nitrogens with one attached hydrogen (secondary N) is 1. The zero-order valence-corrected chi connectivity index (χ0v) is 14.0. The highest BCUT2D eigenvalue weighted by Crippen LogP contribution is 2.11. The lowest BCUT2D eigenvalue weighted by Gasteiger charge is -2.19. The van der Waals surface area contributed by atoms with Crippen molar-refractivity contribution in [3.8, 4) is 0 Å². The zero-order chi connectivity index (χ0) is 15.2.